The van der Waals surface area contributed by atoms with Crippen molar-refractivity contribution in [2.45, 2.75) is 30.3 Å². The van der Waals surface area contributed by atoms with E-state index < -0.39 is 29.9 Å². The molecule has 22 heavy (non-hydrogen) atoms. The smallest absolute Gasteiger partial charge is 0.409 e. The van der Waals surface area contributed by atoms with Crippen molar-refractivity contribution in [3.05, 3.63) is 0 Å². The van der Waals surface area contributed by atoms with Crippen LogP contribution in [0.3, 0.4) is 0 Å². The lowest BCUT2D eigenvalue weighted by molar-refractivity contribution is 0.0132. The first kappa shape index (κ1) is 14.7. The number of rotatable bonds is 2. The highest BCUT2D eigenvalue weighted by Gasteiger charge is 2.62. The van der Waals surface area contributed by atoms with E-state index in [0.29, 0.717) is 13.0 Å². The molecule has 0 radical (unpaired) electrons. The molecule has 0 saturated carbocycles. The van der Waals surface area contributed by atoms with Crippen molar-refractivity contribution in [1.29, 1.82) is 0 Å². The lowest BCUT2D eigenvalue weighted by Gasteiger charge is -2.46. The van der Waals surface area contributed by atoms with Gasteiger partial charge in [0.15, 0.2) is 17.6 Å². The van der Waals surface area contributed by atoms with Gasteiger partial charge in [0, 0.05) is 20.6 Å². The van der Waals surface area contributed by atoms with Crippen LogP contribution in [0, 0.1) is 0 Å². The van der Waals surface area contributed by atoms with Gasteiger partial charge >= 0.3 is 6.09 Å². The van der Waals surface area contributed by atoms with Crippen molar-refractivity contribution in [2.75, 3.05) is 27.2 Å². The number of aliphatic hydroxyl groups excluding tert-OH is 1. The normalized spacial score (nSPS) is 36.0. The van der Waals surface area contributed by atoms with Crippen LogP contribution in [-0.4, -0.2) is 84.0 Å². The Labute approximate surface area is 127 Å². The molecule has 3 heterocycles. The highest BCUT2D eigenvalue weighted by atomic mass is 16.6. The maximum Gasteiger partial charge on any atom is 0.409 e. The average molecular weight is 311 g/mol. The number of guanidine groups is 2. The van der Waals surface area contributed by atoms with Gasteiger partial charge in [0.1, 0.15) is 18.7 Å². The summed E-state index contributed by atoms with van der Waals surface area (Å²) in [7, 11) is 3.19. The number of aliphatic hydroxyl groups is 1. The minimum atomic E-state index is -0.898. The lowest BCUT2D eigenvalue weighted by atomic mass is 9.89. The Kier molecular flexibility index (Phi) is 3.28. The fraction of sp³-hybridized carbons (Fsp3) is 0.750. The van der Waals surface area contributed by atoms with Crippen LogP contribution < -0.4 is 16.8 Å². The van der Waals surface area contributed by atoms with Crippen LogP contribution >= 0.6 is 0 Å². The number of nitrogens with two attached hydrogens (primary N) is 2. The molecule has 1 amide bonds. The summed E-state index contributed by atoms with van der Waals surface area (Å²) in [6.07, 6.45) is -0.629. The van der Waals surface area contributed by atoms with Crippen molar-refractivity contribution in [3.8, 4) is 0 Å². The van der Waals surface area contributed by atoms with Crippen LogP contribution in [0.1, 0.15) is 6.42 Å². The summed E-state index contributed by atoms with van der Waals surface area (Å²) in [6.45, 7) is 0.580. The molecule has 0 aliphatic carbocycles. The lowest BCUT2D eigenvalue weighted by Crippen LogP contribution is -2.72. The van der Waals surface area contributed by atoms with Gasteiger partial charge in [0.25, 0.3) is 0 Å². The Hall–Kier alpha value is -2.23. The number of hydrogen-bond donors (Lipinski definition) is 4. The third kappa shape index (κ3) is 1.94. The molecule has 1 spiro atoms. The first-order valence-electron chi connectivity index (χ1n) is 7.10. The number of nitrogens with one attached hydrogen (secondary N) is 1. The standard InChI is InChI=1S/C12H21N7O3/c1-18(2)11(21)22-5-6-8-12(17-9(13)16-8)7(20)3-4-19(12)10(14)15-6/h6-8,20H,3-5H2,1-2H3,(H2,14,15)(H3,13,16,17). The van der Waals surface area contributed by atoms with Crippen LogP contribution in [0.5, 0.6) is 0 Å². The second-order valence-corrected chi connectivity index (χ2v) is 5.89. The van der Waals surface area contributed by atoms with Crippen molar-refractivity contribution < 1.29 is 14.6 Å². The zero-order valence-corrected chi connectivity index (χ0v) is 12.6. The van der Waals surface area contributed by atoms with Crippen molar-refractivity contribution >= 4 is 18.0 Å². The summed E-state index contributed by atoms with van der Waals surface area (Å²) in [5.74, 6) is 0.515. The number of hydrogen-bond acceptors (Lipinski definition) is 9. The first-order chi connectivity index (χ1) is 10.4. The molecule has 1 fully saturated rings. The van der Waals surface area contributed by atoms with E-state index in [2.05, 4.69) is 15.3 Å². The summed E-state index contributed by atoms with van der Waals surface area (Å²) >= 11 is 0. The minimum Gasteiger partial charge on any atom is -0.447 e. The topological polar surface area (TPSA) is 142 Å². The fourth-order valence-electron chi connectivity index (χ4n) is 3.31. The van der Waals surface area contributed by atoms with Gasteiger partial charge in [-0.05, 0) is 6.42 Å². The summed E-state index contributed by atoms with van der Waals surface area (Å²) < 4.78 is 5.20. The van der Waals surface area contributed by atoms with Gasteiger partial charge in [-0.1, -0.05) is 0 Å². The van der Waals surface area contributed by atoms with E-state index in [4.69, 9.17) is 16.2 Å². The van der Waals surface area contributed by atoms with E-state index in [1.54, 1.807) is 19.0 Å². The van der Waals surface area contributed by atoms with Gasteiger partial charge in [-0.2, -0.15) is 0 Å². The molecule has 4 unspecified atom stereocenters. The summed E-state index contributed by atoms with van der Waals surface area (Å²) in [5.41, 5.74) is 10.9. The van der Waals surface area contributed by atoms with E-state index in [-0.39, 0.29) is 18.5 Å². The van der Waals surface area contributed by atoms with Crippen molar-refractivity contribution in [3.63, 3.8) is 0 Å². The first-order valence-corrected chi connectivity index (χ1v) is 7.10. The average Bonchev–Trinajstić information content (AvgIpc) is 2.97. The fourth-order valence-corrected chi connectivity index (χ4v) is 3.31. The van der Waals surface area contributed by atoms with E-state index in [1.807, 2.05) is 0 Å². The van der Waals surface area contributed by atoms with Crippen molar-refractivity contribution in [1.82, 2.24) is 15.1 Å². The third-order valence-electron chi connectivity index (χ3n) is 4.32. The second kappa shape index (κ2) is 4.90. The molecule has 0 bridgehead atoms. The van der Waals surface area contributed by atoms with Crippen LogP contribution in [-0.2, 0) is 4.74 Å². The monoisotopic (exact) mass is 311 g/mol. The van der Waals surface area contributed by atoms with Crippen LogP contribution in [0.2, 0.25) is 0 Å². The van der Waals surface area contributed by atoms with Crippen LogP contribution in [0.4, 0.5) is 4.79 Å². The number of amides is 1. The molecule has 0 aromatic carbocycles. The molecular formula is C12H21N7O3. The molecule has 122 valence electrons. The number of aliphatic imine (C=N–C) groups is 2. The summed E-state index contributed by atoms with van der Waals surface area (Å²) in [4.78, 5) is 23.4. The molecule has 10 nitrogen and oxygen atoms in total. The molecule has 4 atom stereocenters. The highest BCUT2D eigenvalue weighted by molar-refractivity contribution is 5.87. The Morgan fingerprint density at radius 1 is 1.55 bits per heavy atom. The van der Waals surface area contributed by atoms with E-state index in [0.717, 1.165) is 0 Å². The molecule has 3 rings (SSSR count). The van der Waals surface area contributed by atoms with Crippen molar-refractivity contribution in [2.24, 2.45) is 21.5 Å². The molecule has 3 aliphatic heterocycles. The zero-order valence-electron chi connectivity index (χ0n) is 12.6. The maximum atomic E-state index is 11.6. The maximum absolute atomic E-state index is 11.6. The Bertz CT molecular complexity index is 549. The minimum absolute atomic E-state index is 0.0170. The van der Waals surface area contributed by atoms with Gasteiger partial charge in [-0.3, -0.25) is 0 Å². The molecule has 6 N–H and O–H groups in total. The van der Waals surface area contributed by atoms with Crippen LogP contribution in [0.25, 0.3) is 0 Å². The number of nitrogens with zero attached hydrogens (tertiary/aromatic N) is 4. The predicted molar refractivity (Wildman–Crippen MR) is 79.1 cm³/mol. The largest absolute Gasteiger partial charge is 0.447 e. The molecule has 10 heteroatoms. The third-order valence-corrected chi connectivity index (χ3v) is 4.32. The highest BCUT2D eigenvalue weighted by Crippen LogP contribution is 2.39. The SMILES string of the molecule is CN(C)C(=O)OCC1N=C(N)N2CCC(O)C23NC(N)=NC13. The quantitative estimate of drug-likeness (QED) is 0.439. The zero-order chi connectivity index (χ0) is 16.1. The van der Waals surface area contributed by atoms with Gasteiger partial charge < -0.3 is 36.4 Å². The molecule has 1 saturated heterocycles. The Morgan fingerprint density at radius 2 is 2.27 bits per heavy atom. The summed E-state index contributed by atoms with van der Waals surface area (Å²) in [6, 6.07) is -0.964. The predicted octanol–water partition coefficient (Wildman–Crippen LogP) is -2.57. The van der Waals surface area contributed by atoms with E-state index in [9.17, 15) is 9.90 Å². The van der Waals surface area contributed by atoms with Gasteiger partial charge in [-0.25, -0.2) is 14.8 Å². The van der Waals surface area contributed by atoms with Gasteiger partial charge in [0.05, 0.1) is 6.10 Å². The van der Waals surface area contributed by atoms with E-state index >= 15 is 0 Å². The molecule has 0 aromatic heterocycles. The Balaban J connectivity index is 1.87. The second-order valence-electron chi connectivity index (χ2n) is 5.89. The van der Waals surface area contributed by atoms with Crippen LogP contribution in [0.15, 0.2) is 9.98 Å². The van der Waals surface area contributed by atoms with Gasteiger partial charge in [0.2, 0.25) is 0 Å². The molecule has 0 aromatic rings. The Morgan fingerprint density at radius 3 is 2.95 bits per heavy atom. The van der Waals surface area contributed by atoms with E-state index in [1.165, 1.54) is 4.90 Å². The number of carbonyl (C=O) groups is 1. The summed E-state index contributed by atoms with van der Waals surface area (Å²) in [5, 5.41) is 13.5. The molecule has 3 aliphatic rings. The van der Waals surface area contributed by atoms with Gasteiger partial charge in [-0.15, -0.1) is 0 Å². The number of ether oxygens (including phenoxy) is 1. The number of carbonyl (C=O) groups excluding carboxylic acids is 1. The molecular weight excluding hydrogens is 290 g/mol.